The predicted molar refractivity (Wildman–Crippen MR) is 117 cm³/mol. The maximum absolute atomic E-state index is 12.7. The number of hydrogen-bond acceptors (Lipinski definition) is 4. The van der Waals surface area contributed by atoms with Gasteiger partial charge in [-0.25, -0.2) is 9.59 Å². The zero-order valence-corrected chi connectivity index (χ0v) is 18.2. The van der Waals surface area contributed by atoms with Crippen LogP contribution in [0.2, 0.25) is 0 Å². The number of hydrogen-bond donors (Lipinski definition) is 2. The number of benzene rings is 2. The largest absolute Gasteiger partial charge is 0.480 e. The first kappa shape index (κ1) is 22.3. The minimum Gasteiger partial charge on any atom is -0.480 e. The average molecular weight is 424 g/mol. The lowest BCUT2D eigenvalue weighted by Crippen LogP contribution is -2.53. The molecule has 31 heavy (non-hydrogen) atoms. The van der Waals surface area contributed by atoms with Crippen molar-refractivity contribution < 1.29 is 24.2 Å². The first-order chi connectivity index (χ1) is 14.7. The van der Waals surface area contributed by atoms with Gasteiger partial charge in [0.25, 0.3) is 0 Å². The molecule has 2 aromatic rings. The second-order valence-electron chi connectivity index (χ2n) is 8.15. The molecule has 164 valence electrons. The van der Waals surface area contributed by atoms with Crippen LogP contribution in [0.15, 0.2) is 48.5 Å². The summed E-state index contributed by atoms with van der Waals surface area (Å²) in [5, 5.41) is 11.8. The third-order valence-corrected chi connectivity index (χ3v) is 5.84. The standard InChI is InChI=1S/C24H28N2O5/c1-14(2)21(22(27)26(4)15(3)23(28)29)25-24(30)31-13-20-18-11-7-5-9-16(18)17-10-6-8-12-19(17)20/h5-12,14-15,20-21H,13H2,1-4H3,(H,25,30)(H,28,29)/t15-,21-/m0/s1. The number of ether oxygens (including phenoxy) is 1. The van der Waals surface area contributed by atoms with E-state index in [2.05, 4.69) is 17.4 Å². The van der Waals surface area contributed by atoms with Gasteiger partial charge in [0, 0.05) is 13.0 Å². The monoisotopic (exact) mass is 424 g/mol. The van der Waals surface area contributed by atoms with E-state index in [1.807, 2.05) is 36.4 Å². The summed E-state index contributed by atoms with van der Waals surface area (Å²) >= 11 is 0. The minimum absolute atomic E-state index is 0.0824. The Bertz CT molecular complexity index is 942. The highest BCUT2D eigenvalue weighted by molar-refractivity contribution is 5.89. The summed E-state index contributed by atoms with van der Waals surface area (Å²) in [6.07, 6.45) is -0.703. The van der Waals surface area contributed by atoms with E-state index >= 15 is 0 Å². The van der Waals surface area contributed by atoms with Crippen LogP contribution in [0.5, 0.6) is 0 Å². The van der Waals surface area contributed by atoms with Crippen molar-refractivity contribution in [1.29, 1.82) is 0 Å². The van der Waals surface area contributed by atoms with Gasteiger partial charge in [-0.2, -0.15) is 0 Å². The first-order valence-corrected chi connectivity index (χ1v) is 10.3. The molecule has 7 heteroatoms. The van der Waals surface area contributed by atoms with Gasteiger partial charge in [0.1, 0.15) is 18.7 Å². The van der Waals surface area contributed by atoms with Gasteiger partial charge in [-0.1, -0.05) is 62.4 Å². The predicted octanol–water partition coefficient (Wildman–Crippen LogP) is 3.48. The molecular formula is C24H28N2O5. The van der Waals surface area contributed by atoms with Gasteiger partial charge in [0.2, 0.25) is 5.91 Å². The molecule has 2 N–H and O–H groups in total. The van der Waals surface area contributed by atoms with Crippen LogP contribution < -0.4 is 5.32 Å². The molecule has 0 aromatic heterocycles. The summed E-state index contributed by atoms with van der Waals surface area (Å²) in [7, 11) is 1.41. The molecule has 2 atom stereocenters. The lowest BCUT2D eigenvalue weighted by atomic mass is 9.98. The van der Waals surface area contributed by atoms with Gasteiger partial charge in [-0.05, 0) is 35.1 Å². The van der Waals surface area contributed by atoms with E-state index in [0.717, 1.165) is 27.2 Å². The number of nitrogens with one attached hydrogen (secondary N) is 1. The summed E-state index contributed by atoms with van der Waals surface area (Å²) in [6.45, 7) is 5.13. The molecule has 1 aliphatic carbocycles. The van der Waals surface area contributed by atoms with Crippen molar-refractivity contribution in [2.24, 2.45) is 5.92 Å². The molecule has 0 saturated carbocycles. The van der Waals surface area contributed by atoms with E-state index in [-0.39, 0.29) is 18.4 Å². The lowest BCUT2D eigenvalue weighted by molar-refractivity contribution is -0.149. The molecule has 1 aliphatic rings. The number of carbonyl (C=O) groups is 3. The van der Waals surface area contributed by atoms with Gasteiger partial charge < -0.3 is 20.1 Å². The number of rotatable bonds is 7. The highest BCUT2D eigenvalue weighted by atomic mass is 16.5. The Balaban J connectivity index is 1.69. The molecular weight excluding hydrogens is 396 g/mol. The number of carboxylic acids is 1. The van der Waals surface area contributed by atoms with Crippen molar-refractivity contribution in [1.82, 2.24) is 10.2 Å². The molecule has 0 heterocycles. The fourth-order valence-electron chi connectivity index (χ4n) is 3.86. The van der Waals surface area contributed by atoms with Crippen LogP contribution in [0.4, 0.5) is 4.79 Å². The van der Waals surface area contributed by atoms with Gasteiger partial charge in [-0.15, -0.1) is 0 Å². The molecule has 2 aromatic carbocycles. The number of alkyl carbamates (subject to hydrolysis) is 1. The second-order valence-corrected chi connectivity index (χ2v) is 8.15. The molecule has 0 unspecified atom stereocenters. The number of likely N-dealkylation sites (N-methyl/N-ethyl adjacent to an activating group) is 1. The van der Waals surface area contributed by atoms with Crippen molar-refractivity contribution in [3.63, 3.8) is 0 Å². The number of carbonyl (C=O) groups excluding carboxylic acids is 2. The third kappa shape index (κ3) is 4.55. The Morgan fingerprint density at radius 3 is 2.00 bits per heavy atom. The normalized spacial score (nSPS) is 14.4. The molecule has 0 saturated heterocycles. The Morgan fingerprint density at radius 1 is 1.00 bits per heavy atom. The van der Waals surface area contributed by atoms with Gasteiger partial charge in [0.05, 0.1) is 0 Å². The highest BCUT2D eigenvalue weighted by Crippen LogP contribution is 2.44. The Morgan fingerprint density at radius 2 is 1.52 bits per heavy atom. The Labute approximate surface area is 182 Å². The Hall–Kier alpha value is -3.35. The van der Waals surface area contributed by atoms with Crippen molar-refractivity contribution >= 4 is 18.0 Å². The molecule has 0 radical (unpaired) electrons. The van der Waals surface area contributed by atoms with E-state index in [4.69, 9.17) is 9.84 Å². The average Bonchev–Trinajstić information content (AvgIpc) is 3.08. The zero-order valence-electron chi connectivity index (χ0n) is 18.2. The minimum atomic E-state index is -1.11. The molecule has 7 nitrogen and oxygen atoms in total. The summed E-state index contributed by atoms with van der Waals surface area (Å²) in [5.74, 6) is -1.91. The molecule has 0 spiro atoms. The van der Waals surface area contributed by atoms with E-state index in [1.54, 1.807) is 13.8 Å². The smallest absolute Gasteiger partial charge is 0.407 e. The van der Waals surface area contributed by atoms with Gasteiger partial charge in [0.15, 0.2) is 0 Å². The number of carboxylic acid groups (broad SMARTS) is 1. The SMILES string of the molecule is CC(C)[C@H](NC(=O)OCC1c2ccccc2-c2ccccc21)C(=O)N(C)[C@@H](C)C(=O)O. The fraction of sp³-hybridized carbons (Fsp3) is 0.375. The van der Waals surface area contributed by atoms with E-state index < -0.39 is 30.1 Å². The molecule has 0 bridgehead atoms. The lowest BCUT2D eigenvalue weighted by Gasteiger charge is -2.29. The summed E-state index contributed by atoms with van der Waals surface area (Å²) in [5.41, 5.74) is 4.46. The zero-order chi connectivity index (χ0) is 22.7. The number of amides is 2. The van der Waals surface area contributed by atoms with E-state index in [0.29, 0.717) is 0 Å². The number of fused-ring (bicyclic) bond motifs is 3. The summed E-state index contributed by atoms with van der Waals surface area (Å²) in [4.78, 5) is 37.6. The third-order valence-electron chi connectivity index (χ3n) is 5.84. The Kier molecular flexibility index (Phi) is 6.63. The van der Waals surface area contributed by atoms with Crippen molar-refractivity contribution in [3.05, 3.63) is 59.7 Å². The van der Waals surface area contributed by atoms with Gasteiger partial charge >= 0.3 is 12.1 Å². The molecule has 2 amide bonds. The van der Waals surface area contributed by atoms with Crippen LogP contribution in [0, 0.1) is 5.92 Å². The van der Waals surface area contributed by atoms with E-state index in [1.165, 1.54) is 14.0 Å². The van der Waals surface area contributed by atoms with Crippen molar-refractivity contribution in [3.8, 4) is 11.1 Å². The van der Waals surface area contributed by atoms with Gasteiger partial charge in [-0.3, -0.25) is 4.79 Å². The quantitative estimate of drug-likeness (QED) is 0.709. The summed E-state index contributed by atoms with van der Waals surface area (Å²) in [6, 6.07) is 14.2. The first-order valence-electron chi connectivity index (χ1n) is 10.3. The highest BCUT2D eigenvalue weighted by Gasteiger charge is 2.33. The van der Waals surface area contributed by atoms with Crippen LogP contribution in [-0.2, 0) is 14.3 Å². The molecule has 0 fully saturated rings. The van der Waals surface area contributed by atoms with E-state index in [9.17, 15) is 14.4 Å². The van der Waals surface area contributed by atoms with Crippen LogP contribution in [0.1, 0.15) is 37.8 Å². The fourth-order valence-corrected chi connectivity index (χ4v) is 3.86. The second kappa shape index (κ2) is 9.20. The maximum Gasteiger partial charge on any atom is 0.407 e. The van der Waals surface area contributed by atoms with Crippen molar-refractivity contribution in [2.75, 3.05) is 13.7 Å². The number of aliphatic carboxylic acids is 1. The van der Waals surface area contributed by atoms with Crippen LogP contribution >= 0.6 is 0 Å². The van der Waals surface area contributed by atoms with Crippen LogP contribution in [0.25, 0.3) is 11.1 Å². The molecule has 0 aliphatic heterocycles. The summed E-state index contributed by atoms with van der Waals surface area (Å²) < 4.78 is 5.52. The number of nitrogens with zero attached hydrogens (tertiary/aromatic N) is 1. The topological polar surface area (TPSA) is 95.9 Å². The van der Waals surface area contributed by atoms with Crippen LogP contribution in [-0.4, -0.2) is 53.7 Å². The van der Waals surface area contributed by atoms with Crippen molar-refractivity contribution in [2.45, 2.75) is 38.8 Å². The maximum atomic E-state index is 12.7. The van der Waals surface area contributed by atoms with Crippen LogP contribution in [0.3, 0.4) is 0 Å². The molecule has 3 rings (SSSR count).